The number of hydrogen-bond donors (Lipinski definition) is 1. The third-order valence-electron chi connectivity index (χ3n) is 2.49. The van der Waals surface area contributed by atoms with E-state index in [2.05, 4.69) is 31.3 Å². The van der Waals surface area contributed by atoms with Crippen molar-refractivity contribution in [3.8, 4) is 5.75 Å². The molecule has 0 saturated carbocycles. The minimum absolute atomic E-state index is 0.121. The molecule has 0 saturated heterocycles. The van der Waals surface area contributed by atoms with E-state index in [0.29, 0.717) is 6.54 Å². The van der Waals surface area contributed by atoms with Crippen LogP contribution < -0.4 is 10.1 Å². The number of benzene rings is 1. The molecule has 7 heteroatoms. The van der Waals surface area contributed by atoms with Crippen molar-refractivity contribution in [2.75, 3.05) is 6.54 Å². The number of amides is 1. The molecule has 20 heavy (non-hydrogen) atoms. The van der Waals surface area contributed by atoms with Gasteiger partial charge in [-0.15, -0.1) is 0 Å². The normalized spacial score (nSPS) is 11.9. The monoisotopic (exact) mass is 338 g/mol. The summed E-state index contributed by atoms with van der Waals surface area (Å²) < 4.78 is 8.12. The molecule has 2 rings (SSSR count). The molecule has 0 aliphatic rings. The van der Waals surface area contributed by atoms with Crippen LogP contribution in [0.25, 0.3) is 0 Å². The van der Waals surface area contributed by atoms with Crippen molar-refractivity contribution in [3.63, 3.8) is 0 Å². The van der Waals surface area contributed by atoms with E-state index in [4.69, 9.17) is 4.74 Å². The van der Waals surface area contributed by atoms with E-state index in [9.17, 15) is 4.79 Å². The summed E-state index contributed by atoms with van der Waals surface area (Å²) >= 11 is 3.38. The first kappa shape index (κ1) is 14.5. The van der Waals surface area contributed by atoms with Gasteiger partial charge in [0.2, 0.25) is 5.91 Å². The van der Waals surface area contributed by atoms with Crippen molar-refractivity contribution >= 4 is 21.8 Å². The lowest BCUT2D eigenvalue weighted by Gasteiger charge is -2.15. The van der Waals surface area contributed by atoms with Crippen molar-refractivity contribution in [2.24, 2.45) is 0 Å². The summed E-state index contributed by atoms with van der Waals surface area (Å²) in [7, 11) is 0. The van der Waals surface area contributed by atoms with Gasteiger partial charge in [0.05, 0.1) is 6.54 Å². The summed E-state index contributed by atoms with van der Waals surface area (Å²) in [5.74, 6) is 0.637. The maximum Gasteiger partial charge on any atom is 0.241 e. The van der Waals surface area contributed by atoms with Crippen LogP contribution in [0.1, 0.15) is 6.92 Å². The zero-order chi connectivity index (χ0) is 14.4. The highest BCUT2D eigenvalue weighted by molar-refractivity contribution is 9.10. The van der Waals surface area contributed by atoms with E-state index >= 15 is 0 Å². The average molecular weight is 339 g/mol. The summed E-state index contributed by atoms with van der Waals surface area (Å²) in [6.45, 7) is 2.49. The predicted molar refractivity (Wildman–Crippen MR) is 77.3 cm³/mol. The second kappa shape index (κ2) is 7.04. The number of halogens is 1. The van der Waals surface area contributed by atoms with E-state index in [-0.39, 0.29) is 18.6 Å². The first-order chi connectivity index (χ1) is 9.63. The maximum atomic E-state index is 11.7. The number of nitrogens with one attached hydrogen (secondary N) is 1. The fourth-order valence-corrected chi connectivity index (χ4v) is 1.97. The number of carbonyl (C=O) groups excluding carboxylic acids is 1. The molecular weight excluding hydrogens is 324 g/mol. The molecule has 6 nitrogen and oxygen atoms in total. The molecule has 0 spiro atoms. The Morgan fingerprint density at radius 1 is 1.55 bits per heavy atom. The Morgan fingerprint density at radius 3 is 3.10 bits per heavy atom. The minimum Gasteiger partial charge on any atom is -0.489 e. The van der Waals surface area contributed by atoms with Gasteiger partial charge in [0.1, 0.15) is 31.1 Å². The Kier molecular flexibility index (Phi) is 5.11. The predicted octanol–water partition coefficient (Wildman–Crippen LogP) is 1.62. The summed E-state index contributed by atoms with van der Waals surface area (Å²) in [6.07, 6.45) is 2.77. The van der Waals surface area contributed by atoms with E-state index < -0.39 is 0 Å². The first-order valence-corrected chi connectivity index (χ1v) is 6.94. The van der Waals surface area contributed by atoms with Crippen LogP contribution in [-0.2, 0) is 11.3 Å². The van der Waals surface area contributed by atoms with Crippen molar-refractivity contribution in [1.82, 2.24) is 20.1 Å². The fourth-order valence-electron chi connectivity index (χ4n) is 1.59. The quantitative estimate of drug-likeness (QED) is 0.868. The molecule has 0 bridgehead atoms. The van der Waals surface area contributed by atoms with Gasteiger partial charge in [-0.05, 0) is 25.1 Å². The average Bonchev–Trinajstić information content (AvgIpc) is 2.89. The number of rotatable bonds is 6. The van der Waals surface area contributed by atoms with Gasteiger partial charge in [-0.2, -0.15) is 5.10 Å². The molecule has 1 aromatic heterocycles. The van der Waals surface area contributed by atoms with Gasteiger partial charge in [0.15, 0.2) is 0 Å². The number of nitrogens with zero attached hydrogens (tertiary/aromatic N) is 3. The minimum atomic E-state index is -0.125. The second-order valence-corrected chi connectivity index (χ2v) is 5.20. The highest BCUT2D eigenvalue weighted by Crippen LogP contribution is 2.18. The highest BCUT2D eigenvalue weighted by Gasteiger charge is 2.08. The summed E-state index contributed by atoms with van der Waals surface area (Å²) in [4.78, 5) is 15.4. The SMILES string of the molecule is CC(CNC(=O)Cn1cncn1)Oc1cccc(Br)c1. The third-order valence-corrected chi connectivity index (χ3v) is 2.99. The third kappa shape index (κ3) is 4.65. The standard InChI is InChI=1S/C13H15BrN4O2/c1-10(20-12-4-2-3-11(14)5-12)6-16-13(19)7-18-9-15-8-17-18/h2-5,8-10H,6-7H2,1H3,(H,16,19). The van der Waals surface area contributed by atoms with E-state index in [1.54, 1.807) is 0 Å². The smallest absolute Gasteiger partial charge is 0.241 e. The molecule has 0 radical (unpaired) electrons. The van der Waals surface area contributed by atoms with Gasteiger partial charge in [-0.3, -0.25) is 4.79 Å². The van der Waals surface area contributed by atoms with Crippen LogP contribution in [0, 0.1) is 0 Å². The Hall–Kier alpha value is -1.89. The highest BCUT2D eigenvalue weighted by atomic mass is 79.9. The maximum absolute atomic E-state index is 11.7. The largest absolute Gasteiger partial charge is 0.489 e. The first-order valence-electron chi connectivity index (χ1n) is 6.15. The molecule has 1 amide bonds. The second-order valence-electron chi connectivity index (χ2n) is 4.28. The number of carbonyl (C=O) groups is 1. The summed E-state index contributed by atoms with van der Waals surface area (Å²) in [6, 6.07) is 7.58. The Morgan fingerprint density at radius 2 is 2.40 bits per heavy atom. The van der Waals surface area contributed by atoms with Crippen LogP contribution in [0.3, 0.4) is 0 Å². The van der Waals surface area contributed by atoms with Gasteiger partial charge in [-0.1, -0.05) is 22.0 Å². The molecule has 1 aromatic carbocycles. The van der Waals surface area contributed by atoms with Gasteiger partial charge < -0.3 is 10.1 Å². The van der Waals surface area contributed by atoms with E-state index in [1.807, 2.05) is 31.2 Å². The van der Waals surface area contributed by atoms with Gasteiger partial charge in [-0.25, -0.2) is 9.67 Å². The van der Waals surface area contributed by atoms with Crippen molar-refractivity contribution in [3.05, 3.63) is 41.4 Å². The van der Waals surface area contributed by atoms with Gasteiger partial charge in [0.25, 0.3) is 0 Å². The molecule has 106 valence electrons. The van der Waals surface area contributed by atoms with Crippen LogP contribution in [0.15, 0.2) is 41.4 Å². The molecule has 1 atom stereocenters. The summed E-state index contributed by atoms with van der Waals surface area (Å²) in [5, 5.41) is 6.66. The summed E-state index contributed by atoms with van der Waals surface area (Å²) in [5.41, 5.74) is 0. The van der Waals surface area contributed by atoms with E-state index in [1.165, 1.54) is 17.3 Å². The van der Waals surface area contributed by atoms with Crippen molar-refractivity contribution < 1.29 is 9.53 Å². The molecule has 1 N–H and O–H groups in total. The van der Waals surface area contributed by atoms with Gasteiger partial charge >= 0.3 is 0 Å². The lowest BCUT2D eigenvalue weighted by atomic mass is 10.3. The lowest BCUT2D eigenvalue weighted by molar-refractivity contribution is -0.122. The lowest BCUT2D eigenvalue weighted by Crippen LogP contribution is -2.35. The van der Waals surface area contributed by atoms with Gasteiger partial charge in [0, 0.05) is 4.47 Å². The Labute approximate surface area is 125 Å². The molecule has 0 aliphatic heterocycles. The molecule has 1 heterocycles. The van der Waals surface area contributed by atoms with Crippen LogP contribution >= 0.6 is 15.9 Å². The Balaban J connectivity index is 1.74. The van der Waals surface area contributed by atoms with Crippen LogP contribution in [0.4, 0.5) is 0 Å². The topological polar surface area (TPSA) is 69.0 Å². The molecule has 1 unspecified atom stereocenters. The van der Waals surface area contributed by atoms with Crippen LogP contribution in [0.2, 0.25) is 0 Å². The van der Waals surface area contributed by atoms with Crippen LogP contribution in [-0.4, -0.2) is 33.3 Å². The zero-order valence-corrected chi connectivity index (χ0v) is 12.6. The molecule has 0 fully saturated rings. The van der Waals surface area contributed by atoms with Crippen molar-refractivity contribution in [1.29, 1.82) is 0 Å². The van der Waals surface area contributed by atoms with Crippen molar-refractivity contribution in [2.45, 2.75) is 19.6 Å². The molecular formula is C13H15BrN4O2. The number of ether oxygens (including phenoxy) is 1. The number of aromatic nitrogens is 3. The number of hydrogen-bond acceptors (Lipinski definition) is 4. The molecule has 2 aromatic rings. The Bertz CT molecular complexity index is 559. The van der Waals surface area contributed by atoms with E-state index in [0.717, 1.165) is 10.2 Å². The zero-order valence-electron chi connectivity index (χ0n) is 11.0. The van der Waals surface area contributed by atoms with Crippen LogP contribution in [0.5, 0.6) is 5.75 Å². The fraction of sp³-hybridized carbons (Fsp3) is 0.308. The molecule has 0 aliphatic carbocycles.